The Kier molecular flexibility index (Phi) is 5.16. The van der Waals surface area contributed by atoms with Crippen LogP contribution in [0.4, 0.5) is 0 Å². The van der Waals surface area contributed by atoms with Gasteiger partial charge in [-0.3, -0.25) is 0 Å². The molecule has 0 radical (unpaired) electrons. The standard InChI is InChI=1S/C29H27OP/c1-29(2,3)31-20-30-26-19-11-18-25(28(26)31)27-23(21-12-6-4-7-13-21)16-10-17-24(27)22-14-8-5-9-15-22/h4-19H,20H2,1-3H3/t31-/m0/s1. The molecule has 0 bridgehead atoms. The van der Waals surface area contributed by atoms with E-state index in [1.165, 1.54) is 38.7 Å². The third kappa shape index (κ3) is 3.68. The first-order valence-corrected chi connectivity index (χ1v) is 12.3. The van der Waals surface area contributed by atoms with Gasteiger partial charge in [0.2, 0.25) is 0 Å². The molecule has 0 aliphatic carbocycles. The first kappa shape index (κ1) is 20.0. The van der Waals surface area contributed by atoms with Gasteiger partial charge in [0.05, 0.1) is 0 Å². The third-order valence-corrected chi connectivity index (χ3v) is 8.94. The SMILES string of the molecule is CC(C)(C)[P@@]1COc2cccc(-c3c(-c4ccccc4)cccc3-c3ccccc3)c21. The van der Waals surface area contributed by atoms with Gasteiger partial charge in [-0.1, -0.05) is 112 Å². The number of hydrogen-bond acceptors (Lipinski definition) is 1. The Hall–Kier alpha value is -2.89. The predicted octanol–water partition coefficient (Wildman–Crippen LogP) is 7.94. The van der Waals surface area contributed by atoms with E-state index in [4.69, 9.17) is 4.74 Å². The minimum Gasteiger partial charge on any atom is -0.488 e. The fourth-order valence-electron chi connectivity index (χ4n) is 4.41. The van der Waals surface area contributed by atoms with Crippen molar-refractivity contribution >= 4 is 13.2 Å². The van der Waals surface area contributed by atoms with Gasteiger partial charge in [0.15, 0.2) is 0 Å². The molecule has 1 heterocycles. The second kappa shape index (κ2) is 7.98. The summed E-state index contributed by atoms with van der Waals surface area (Å²) in [6.45, 7) is 7.03. The second-order valence-electron chi connectivity index (χ2n) is 8.98. The summed E-state index contributed by atoms with van der Waals surface area (Å²) < 4.78 is 6.22. The number of benzene rings is 4. The molecule has 1 aliphatic heterocycles. The summed E-state index contributed by atoms with van der Waals surface area (Å²) in [6.07, 6.45) is 0.805. The second-order valence-corrected chi connectivity index (χ2v) is 11.9. The van der Waals surface area contributed by atoms with E-state index in [0.29, 0.717) is 0 Å². The van der Waals surface area contributed by atoms with E-state index in [9.17, 15) is 0 Å². The monoisotopic (exact) mass is 422 g/mol. The topological polar surface area (TPSA) is 9.23 Å². The van der Waals surface area contributed by atoms with Crippen LogP contribution in [-0.2, 0) is 0 Å². The van der Waals surface area contributed by atoms with Gasteiger partial charge >= 0.3 is 0 Å². The summed E-state index contributed by atoms with van der Waals surface area (Å²) in [6, 6.07) is 34.7. The molecule has 0 aromatic heterocycles. The van der Waals surface area contributed by atoms with Crippen molar-refractivity contribution in [3.05, 3.63) is 97.1 Å². The molecule has 0 amide bonds. The van der Waals surface area contributed by atoms with Gasteiger partial charge in [-0.15, -0.1) is 0 Å². The summed E-state index contributed by atoms with van der Waals surface area (Å²) in [5, 5.41) is 1.59. The maximum absolute atomic E-state index is 6.22. The molecule has 0 fully saturated rings. The quantitative estimate of drug-likeness (QED) is 0.305. The lowest BCUT2D eigenvalue weighted by Gasteiger charge is -2.28. The zero-order chi connectivity index (χ0) is 21.4. The van der Waals surface area contributed by atoms with Crippen LogP contribution in [0.15, 0.2) is 97.1 Å². The normalized spacial score (nSPS) is 15.4. The van der Waals surface area contributed by atoms with Gasteiger partial charge in [-0.25, -0.2) is 0 Å². The summed E-state index contributed by atoms with van der Waals surface area (Å²) in [4.78, 5) is 0. The molecule has 1 nitrogen and oxygen atoms in total. The van der Waals surface area contributed by atoms with Crippen LogP contribution < -0.4 is 10.0 Å². The van der Waals surface area contributed by atoms with Crippen molar-refractivity contribution in [2.45, 2.75) is 25.9 Å². The lowest BCUT2D eigenvalue weighted by molar-refractivity contribution is 0.400. The van der Waals surface area contributed by atoms with Crippen molar-refractivity contribution < 1.29 is 4.74 Å². The zero-order valence-corrected chi connectivity index (χ0v) is 19.2. The average molecular weight is 423 g/mol. The van der Waals surface area contributed by atoms with Crippen molar-refractivity contribution in [2.75, 3.05) is 6.35 Å². The number of hydrogen-bond donors (Lipinski definition) is 0. The van der Waals surface area contributed by atoms with E-state index in [0.717, 1.165) is 12.1 Å². The molecule has 31 heavy (non-hydrogen) atoms. The Balaban J connectivity index is 1.84. The minimum absolute atomic E-state index is 0.186. The summed E-state index contributed by atoms with van der Waals surface area (Å²) in [7, 11) is -0.431. The van der Waals surface area contributed by atoms with Crippen molar-refractivity contribution in [2.24, 2.45) is 0 Å². The molecule has 1 aliphatic rings. The molecule has 4 aromatic carbocycles. The molecule has 0 saturated heterocycles. The molecule has 0 unspecified atom stereocenters. The number of fused-ring (bicyclic) bond motifs is 1. The molecule has 154 valence electrons. The Labute approximate surface area is 186 Å². The Bertz CT molecular complexity index is 1150. The summed E-state index contributed by atoms with van der Waals surface area (Å²) in [5.74, 6) is 1.06. The highest BCUT2D eigenvalue weighted by Crippen LogP contribution is 2.56. The van der Waals surface area contributed by atoms with E-state index in [1.807, 2.05) is 0 Å². The van der Waals surface area contributed by atoms with Crippen LogP contribution in [0, 0.1) is 0 Å². The van der Waals surface area contributed by atoms with E-state index in [2.05, 4.69) is 118 Å². The highest BCUT2D eigenvalue weighted by atomic mass is 31.1. The Morgan fingerprint density at radius 1 is 0.613 bits per heavy atom. The number of ether oxygens (including phenoxy) is 1. The van der Waals surface area contributed by atoms with Crippen LogP contribution in [0.25, 0.3) is 33.4 Å². The molecule has 0 saturated carbocycles. The van der Waals surface area contributed by atoms with E-state index in [1.54, 1.807) is 0 Å². The smallest absolute Gasteiger partial charge is 0.128 e. The first-order chi connectivity index (χ1) is 15.0. The molecule has 5 rings (SSSR count). The summed E-state index contributed by atoms with van der Waals surface area (Å²) >= 11 is 0. The largest absolute Gasteiger partial charge is 0.488 e. The zero-order valence-electron chi connectivity index (χ0n) is 18.3. The van der Waals surface area contributed by atoms with Gasteiger partial charge < -0.3 is 4.74 Å². The van der Waals surface area contributed by atoms with E-state index < -0.39 is 7.92 Å². The fraction of sp³-hybridized carbons (Fsp3) is 0.172. The molecule has 1 atom stereocenters. The van der Waals surface area contributed by atoms with Gasteiger partial charge in [-0.2, -0.15) is 0 Å². The third-order valence-electron chi connectivity index (χ3n) is 5.93. The highest BCUT2D eigenvalue weighted by Gasteiger charge is 2.36. The van der Waals surface area contributed by atoms with Gasteiger partial charge in [0.1, 0.15) is 12.1 Å². The van der Waals surface area contributed by atoms with Crippen LogP contribution in [0.1, 0.15) is 20.8 Å². The van der Waals surface area contributed by atoms with Gasteiger partial charge in [-0.05, 0) is 52.5 Å². The van der Waals surface area contributed by atoms with Crippen LogP contribution in [0.3, 0.4) is 0 Å². The van der Waals surface area contributed by atoms with E-state index >= 15 is 0 Å². The van der Waals surface area contributed by atoms with Crippen molar-refractivity contribution in [1.29, 1.82) is 0 Å². The van der Waals surface area contributed by atoms with Gasteiger partial charge in [0, 0.05) is 5.30 Å². The van der Waals surface area contributed by atoms with Gasteiger partial charge in [0.25, 0.3) is 0 Å². The molecule has 2 heteroatoms. The fourth-order valence-corrected chi connectivity index (χ4v) is 6.74. The summed E-state index contributed by atoms with van der Waals surface area (Å²) in [5.41, 5.74) is 7.64. The minimum atomic E-state index is -0.431. The Morgan fingerprint density at radius 3 is 1.68 bits per heavy atom. The first-order valence-electron chi connectivity index (χ1n) is 10.8. The molecular weight excluding hydrogens is 395 g/mol. The van der Waals surface area contributed by atoms with E-state index in [-0.39, 0.29) is 5.16 Å². The van der Waals surface area contributed by atoms with Crippen molar-refractivity contribution in [3.63, 3.8) is 0 Å². The molecule has 4 aromatic rings. The maximum atomic E-state index is 6.22. The molecular formula is C29H27OP. The molecule has 0 N–H and O–H groups in total. The van der Waals surface area contributed by atoms with Crippen LogP contribution in [0.2, 0.25) is 0 Å². The maximum Gasteiger partial charge on any atom is 0.128 e. The van der Waals surface area contributed by atoms with Crippen molar-refractivity contribution in [1.82, 2.24) is 0 Å². The molecule has 0 spiro atoms. The number of rotatable bonds is 3. The predicted molar refractivity (Wildman–Crippen MR) is 135 cm³/mol. The average Bonchev–Trinajstić information content (AvgIpc) is 3.25. The lowest BCUT2D eigenvalue weighted by atomic mass is 9.87. The van der Waals surface area contributed by atoms with Crippen molar-refractivity contribution in [3.8, 4) is 39.1 Å². The lowest BCUT2D eigenvalue weighted by Crippen LogP contribution is -2.19. The van der Waals surface area contributed by atoms with Crippen LogP contribution in [0.5, 0.6) is 5.75 Å². The van der Waals surface area contributed by atoms with Crippen LogP contribution in [-0.4, -0.2) is 11.5 Å². The highest BCUT2D eigenvalue weighted by molar-refractivity contribution is 7.67. The van der Waals surface area contributed by atoms with Crippen LogP contribution >= 0.6 is 7.92 Å². The Morgan fingerprint density at radius 2 is 1.13 bits per heavy atom.